The number of hydrogen-bond donors (Lipinski definition) is 2. The predicted octanol–water partition coefficient (Wildman–Crippen LogP) is 5.77. The van der Waals surface area contributed by atoms with Crippen LogP contribution in [0.25, 0.3) is 33.4 Å². The summed E-state index contributed by atoms with van der Waals surface area (Å²) in [5, 5.41) is 15.8. The number of amides is 1. The number of aromatic nitrogens is 1. The van der Waals surface area contributed by atoms with Crippen LogP contribution >= 0.6 is 0 Å². The Hall–Kier alpha value is -4.98. The van der Waals surface area contributed by atoms with Crippen LogP contribution in [0.2, 0.25) is 0 Å². The van der Waals surface area contributed by atoms with E-state index in [1.54, 1.807) is 24.3 Å². The molecule has 0 unspecified atom stereocenters. The lowest BCUT2D eigenvalue weighted by molar-refractivity contribution is -0.384. The van der Waals surface area contributed by atoms with E-state index in [2.05, 4.69) is 15.5 Å². The summed E-state index contributed by atoms with van der Waals surface area (Å²) in [7, 11) is 0. The highest BCUT2D eigenvalue weighted by Crippen LogP contribution is 2.32. The Morgan fingerprint density at radius 2 is 1.65 bits per heavy atom. The highest BCUT2D eigenvalue weighted by atomic mass is 16.6. The number of benzene rings is 3. The molecule has 8 heteroatoms. The van der Waals surface area contributed by atoms with Crippen LogP contribution in [-0.2, 0) is 0 Å². The van der Waals surface area contributed by atoms with Gasteiger partial charge in [-0.1, -0.05) is 48.5 Å². The van der Waals surface area contributed by atoms with Gasteiger partial charge in [-0.25, -0.2) is 5.43 Å². The van der Waals surface area contributed by atoms with E-state index in [1.165, 1.54) is 18.3 Å². The zero-order valence-corrected chi connectivity index (χ0v) is 17.8. The summed E-state index contributed by atoms with van der Waals surface area (Å²) in [5.41, 5.74) is 6.25. The van der Waals surface area contributed by atoms with E-state index in [1.807, 2.05) is 54.6 Å². The van der Waals surface area contributed by atoms with E-state index in [0.29, 0.717) is 22.8 Å². The first kappa shape index (κ1) is 20.9. The molecule has 0 atom stereocenters. The molecular formula is C26H18N4O4. The Kier molecular flexibility index (Phi) is 5.45. The van der Waals surface area contributed by atoms with E-state index in [9.17, 15) is 14.9 Å². The van der Waals surface area contributed by atoms with Crippen molar-refractivity contribution < 1.29 is 14.1 Å². The summed E-state index contributed by atoms with van der Waals surface area (Å²) in [6, 6.07) is 26.9. The molecule has 0 radical (unpaired) electrons. The molecule has 0 aliphatic heterocycles. The van der Waals surface area contributed by atoms with Crippen molar-refractivity contribution in [3.63, 3.8) is 0 Å². The molecule has 0 spiro atoms. The standard InChI is InChI=1S/C26H18N4O4/c31-26(25-24(18-6-2-1-3-7-18)21-8-4-5-9-22(21)28-25)29-27-16-20-14-15-23(34-20)17-10-12-19(13-11-17)30(32)33/h1-16,28H,(H,29,31)/b27-16+. The summed E-state index contributed by atoms with van der Waals surface area (Å²) in [5.74, 6) is 0.576. The van der Waals surface area contributed by atoms with Crippen LogP contribution in [0.5, 0.6) is 0 Å². The molecular weight excluding hydrogens is 432 g/mol. The van der Waals surface area contributed by atoms with Crippen molar-refractivity contribution >= 4 is 28.7 Å². The number of nitrogens with zero attached hydrogens (tertiary/aromatic N) is 2. The third-order valence-corrected chi connectivity index (χ3v) is 5.34. The lowest BCUT2D eigenvalue weighted by Gasteiger charge is -2.04. The third-order valence-electron chi connectivity index (χ3n) is 5.34. The Morgan fingerprint density at radius 3 is 2.41 bits per heavy atom. The Balaban J connectivity index is 1.35. The second-order valence-corrected chi connectivity index (χ2v) is 7.49. The number of nitrogens with one attached hydrogen (secondary N) is 2. The molecule has 0 saturated heterocycles. The number of nitro groups is 1. The first-order valence-corrected chi connectivity index (χ1v) is 10.4. The van der Waals surface area contributed by atoms with Gasteiger partial charge in [0.2, 0.25) is 0 Å². The minimum absolute atomic E-state index is 0.00616. The molecule has 34 heavy (non-hydrogen) atoms. The zero-order chi connectivity index (χ0) is 23.5. The Labute approximate surface area is 193 Å². The quantitative estimate of drug-likeness (QED) is 0.194. The molecule has 0 aliphatic carbocycles. The number of aromatic amines is 1. The number of carbonyl (C=O) groups is 1. The smallest absolute Gasteiger partial charge is 0.288 e. The average Bonchev–Trinajstić information content (AvgIpc) is 3.50. The summed E-state index contributed by atoms with van der Waals surface area (Å²) in [6.45, 7) is 0. The molecule has 0 bridgehead atoms. The van der Waals surface area contributed by atoms with Gasteiger partial charge < -0.3 is 9.40 Å². The van der Waals surface area contributed by atoms with Gasteiger partial charge in [-0.15, -0.1) is 0 Å². The number of furan rings is 1. The second kappa shape index (κ2) is 8.87. The largest absolute Gasteiger partial charge is 0.455 e. The molecule has 8 nitrogen and oxygen atoms in total. The molecule has 1 amide bonds. The molecule has 0 saturated carbocycles. The van der Waals surface area contributed by atoms with Crippen molar-refractivity contribution in [2.45, 2.75) is 0 Å². The Morgan fingerprint density at radius 1 is 0.912 bits per heavy atom. The van der Waals surface area contributed by atoms with Crippen LogP contribution in [0.4, 0.5) is 5.69 Å². The second-order valence-electron chi connectivity index (χ2n) is 7.49. The van der Waals surface area contributed by atoms with E-state index in [0.717, 1.165) is 22.0 Å². The number of rotatable bonds is 6. The fourth-order valence-corrected chi connectivity index (χ4v) is 3.75. The number of hydrazone groups is 1. The molecule has 5 rings (SSSR count). The fraction of sp³-hybridized carbons (Fsp3) is 0. The number of carbonyl (C=O) groups excluding carboxylic acids is 1. The molecule has 2 aromatic heterocycles. The molecule has 2 heterocycles. The number of para-hydroxylation sites is 1. The number of hydrogen-bond acceptors (Lipinski definition) is 5. The summed E-state index contributed by atoms with van der Waals surface area (Å²) in [4.78, 5) is 26.5. The maximum absolute atomic E-state index is 13.0. The van der Waals surface area contributed by atoms with Crippen LogP contribution in [0, 0.1) is 10.1 Å². The van der Waals surface area contributed by atoms with Crippen LogP contribution in [0.1, 0.15) is 16.2 Å². The van der Waals surface area contributed by atoms with E-state index >= 15 is 0 Å². The van der Waals surface area contributed by atoms with Crippen molar-refractivity contribution in [1.29, 1.82) is 0 Å². The number of H-pyrrole nitrogens is 1. The highest BCUT2D eigenvalue weighted by Gasteiger charge is 2.18. The van der Waals surface area contributed by atoms with Crippen molar-refractivity contribution in [3.8, 4) is 22.5 Å². The first-order valence-electron chi connectivity index (χ1n) is 10.4. The van der Waals surface area contributed by atoms with Gasteiger partial charge in [-0.05, 0) is 35.9 Å². The molecule has 3 aromatic carbocycles. The summed E-state index contributed by atoms with van der Waals surface area (Å²) in [6.07, 6.45) is 1.40. The summed E-state index contributed by atoms with van der Waals surface area (Å²) >= 11 is 0. The van der Waals surface area contributed by atoms with Gasteiger partial charge in [-0.3, -0.25) is 14.9 Å². The molecule has 5 aromatic rings. The van der Waals surface area contributed by atoms with Crippen molar-refractivity contribution in [3.05, 3.63) is 113 Å². The topological polar surface area (TPSA) is 114 Å². The Bertz CT molecular complexity index is 1520. The van der Waals surface area contributed by atoms with Crippen LogP contribution in [-0.4, -0.2) is 22.0 Å². The minimum atomic E-state index is -0.455. The lowest BCUT2D eigenvalue weighted by atomic mass is 10.0. The number of non-ortho nitro benzene ring substituents is 1. The van der Waals surface area contributed by atoms with E-state index < -0.39 is 4.92 Å². The van der Waals surface area contributed by atoms with Gasteiger partial charge >= 0.3 is 0 Å². The number of fused-ring (bicyclic) bond motifs is 1. The SMILES string of the molecule is O=C(N/N=C/c1ccc(-c2ccc([N+](=O)[O-])cc2)o1)c1[nH]c2ccccc2c1-c1ccccc1. The van der Waals surface area contributed by atoms with Gasteiger partial charge in [0.25, 0.3) is 11.6 Å². The van der Waals surface area contributed by atoms with Crippen molar-refractivity contribution in [2.24, 2.45) is 5.10 Å². The molecule has 0 fully saturated rings. The zero-order valence-electron chi connectivity index (χ0n) is 17.8. The molecule has 2 N–H and O–H groups in total. The third kappa shape index (κ3) is 4.07. The average molecular weight is 450 g/mol. The van der Waals surface area contributed by atoms with E-state index in [4.69, 9.17) is 4.42 Å². The number of nitro benzene ring substituents is 1. The highest BCUT2D eigenvalue weighted by molar-refractivity contribution is 6.09. The minimum Gasteiger partial charge on any atom is -0.455 e. The van der Waals surface area contributed by atoms with E-state index in [-0.39, 0.29) is 11.6 Å². The van der Waals surface area contributed by atoms with Gasteiger partial charge in [-0.2, -0.15) is 5.10 Å². The first-order chi connectivity index (χ1) is 16.6. The van der Waals surface area contributed by atoms with Crippen LogP contribution in [0.3, 0.4) is 0 Å². The fourth-order valence-electron chi connectivity index (χ4n) is 3.75. The van der Waals surface area contributed by atoms with Gasteiger partial charge in [0.05, 0.1) is 11.1 Å². The monoisotopic (exact) mass is 450 g/mol. The van der Waals surface area contributed by atoms with Crippen molar-refractivity contribution in [2.75, 3.05) is 0 Å². The van der Waals surface area contributed by atoms with Crippen LogP contribution < -0.4 is 5.43 Å². The van der Waals surface area contributed by atoms with Gasteiger partial charge in [0, 0.05) is 34.2 Å². The lowest BCUT2D eigenvalue weighted by Crippen LogP contribution is -2.18. The normalized spacial score (nSPS) is 11.2. The maximum Gasteiger partial charge on any atom is 0.288 e. The van der Waals surface area contributed by atoms with Gasteiger partial charge in [0.15, 0.2) is 0 Å². The maximum atomic E-state index is 13.0. The summed E-state index contributed by atoms with van der Waals surface area (Å²) < 4.78 is 5.72. The molecule has 166 valence electrons. The predicted molar refractivity (Wildman–Crippen MR) is 130 cm³/mol. The van der Waals surface area contributed by atoms with Crippen molar-refractivity contribution in [1.82, 2.24) is 10.4 Å². The molecule has 0 aliphatic rings. The van der Waals surface area contributed by atoms with Gasteiger partial charge in [0.1, 0.15) is 17.2 Å². The van der Waals surface area contributed by atoms with Crippen LogP contribution in [0.15, 0.2) is 101 Å².